The van der Waals surface area contributed by atoms with Crippen molar-refractivity contribution in [3.8, 4) is 12.0 Å². The van der Waals surface area contributed by atoms with E-state index in [0.29, 0.717) is 28.2 Å². The minimum absolute atomic E-state index is 0.114. The predicted molar refractivity (Wildman–Crippen MR) is 109 cm³/mol. The lowest BCUT2D eigenvalue weighted by atomic mass is 9.95. The quantitative estimate of drug-likeness (QED) is 0.474. The van der Waals surface area contributed by atoms with E-state index in [-0.39, 0.29) is 16.9 Å². The van der Waals surface area contributed by atoms with Crippen molar-refractivity contribution < 1.29 is 0 Å². The Kier molecular flexibility index (Phi) is 4.14. The molecule has 0 unspecified atom stereocenters. The fourth-order valence-corrected chi connectivity index (χ4v) is 4.51. The number of hydrogen-bond donors (Lipinski definition) is 0. The van der Waals surface area contributed by atoms with Crippen LogP contribution in [-0.2, 0) is 7.05 Å². The summed E-state index contributed by atoms with van der Waals surface area (Å²) in [4.78, 5) is 26.5. The summed E-state index contributed by atoms with van der Waals surface area (Å²) < 4.78 is 4.99. The summed E-state index contributed by atoms with van der Waals surface area (Å²) in [6, 6.07) is 7.49. The molecule has 0 N–H and O–H groups in total. The van der Waals surface area contributed by atoms with Crippen LogP contribution in [0, 0.1) is 11.3 Å². The van der Waals surface area contributed by atoms with Crippen LogP contribution in [0.15, 0.2) is 29.3 Å². The molecule has 146 valence electrons. The number of hydrogen-bond acceptors (Lipinski definition) is 5. The number of benzene rings is 1. The third-order valence-corrected chi connectivity index (χ3v) is 5.96. The van der Waals surface area contributed by atoms with E-state index in [1.54, 1.807) is 40.7 Å². The molecule has 1 aromatic carbocycles. The van der Waals surface area contributed by atoms with Crippen molar-refractivity contribution in [3.05, 3.63) is 45.7 Å². The van der Waals surface area contributed by atoms with Crippen LogP contribution in [0.2, 0.25) is 5.15 Å². The van der Waals surface area contributed by atoms with Gasteiger partial charge in [-0.3, -0.25) is 13.7 Å². The zero-order valence-corrected chi connectivity index (χ0v) is 16.6. The molecule has 9 heteroatoms. The Bertz CT molecular complexity index is 1350. The van der Waals surface area contributed by atoms with Crippen LogP contribution in [0.5, 0.6) is 0 Å². The van der Waals surface area contributed by atoms with E-state index in [2.05, 4.69) is 16.0 Å². The average molecular weight is 408 g/mol. The molecule has 1 saturated carbocycles. The van der Waals surface area contributed by atoms with Gasteiger partial charge in [-0.25, -0.2) is 9.78 Å². The maximum atomic E-state index is 13.0. The van der Waals surface area contributed by atoms with Crippen molar-refractivity contribution >= 4 is 33.8 Å². The topological polar surface area (TPSA) is 94.3 Å². The van der Waals surface area contributed by atoms with Gasteiger partial charge in [-0.05, 0) is 31.0 Å². The molecule has 0 saturated heterocycles. The highest BCUT2D eigenvalue weighted by Crippen LogP contribution is 2.31. The molecular formula is C20H18ClN7O. The van der Waals surface area contributed by atoms with Gasteiger partial charge in [-0.15, -0.1) is 0 Å². The number of rotatable bonds is 2. The molecule has 4 aromatic rings. The summed E-state index contributed by atoms with van der Waals surface area (Å²) >= 11 is 6.51. The van der Waals surface area contributed by atoms with Gasteiger partial charge in [0.25, 0.3) is 0 Å². The van der Waals surface area contributed by atoms with Crippen LogP contribution in [0.3, 0.4) is 0 Å². The third-order valence-electron chi connectivity index (χ3n) is 5.70. The largest absolute Gasteiger partial charge is 0.330 e. The van der Waals surface area contributed by atoms with E-state index in [4.69, 9.17) is 16.6 Å². The van der Waals surface area contributed by atoms with Gasteiger partial charge in [0.05, 0.1) is 22.7 Å². The van der Waals surface area contributed by atoms with Crippen molar-refractivity contribution in [1.82, 2.24) is 28.7 Å². The molecule has 1 aliphatic rings. The van der Waals surface area contributed by atoms with E-state index < -0.39 is 0 Å². The number of aromatic nitrogens is 6. The van der Waals surface area contributed by atoms with Crippen molar-refractivity contribution in [2.75, 3.05) is 0 Å². The minimum Gasteiger partial charge on any atom is -0.291 e. The van der Waals surface area contributed by atoms with Crippen LogP contribution in [0.1, 0.15) is 43.7 Å². The fraction of sp³-hybridized carbons (Fsp3) is 0.350. The molecule has 1 aliphatic carbocycles. The van der Waals surface area contributed by atoms with Crippen LogP contribution >= 0.6 is 11.6 Å². The number of halogens is 1. The molecule has 0 aliphatic heterocycles. The van der Waals surface area contributed by atoms with Crippen LogP contribution < -0.4 is 5.69 Å². The zero-order valence-electron chi connectivity index (χ0n) is 15.8. The summed E-state index contributed by atoms with van der Waals surface area (Å²) in [5, 5.41) is 9.44. The molecule has 1 fully saturated rings. The van der Waals surface area contributed by atoms with Crippen molar-refractivity contribution in [3.63, 3.8) is 0 Å². The number of nitriles is 1. The fourth-order valence-electron chi connectivity index (χ4n) is 4.22. The number of imidazole rings is 2. The molecule has 3 heterocycles. The molecule has 0 radical (unpaired) electrons. The normalized spacial score (nSPS) is 15.2. The Balaban J connectivity index is 1.77. The van der Waals surface area contributed by atoms with Gasteiger partial charge < -0.3 is 0 Å². The maximum absolute atomic E-state index is 13.0. The Morgan fingerprint density at radius 2 is 2.00 bits per heavy atom. The Morgan fingerprint density at radius 3 is 2.76 bits per heavy atom. The first-order valence-electron chi connectivity index (χ1n) is 9.60. The van der Waals surface area contributed by atoms with Crippen LogP contribution in [0.4, 0.5) is 0 Å². The molecule has 29 heavy (non-hydrogen) atoms. The molecule has 0 atom stereocenters. The lowest BCUT2D eigenvalue weighted by Crippen LogP contribution is -2.27. The van der Waals surface area contributed by atoms with Gasteiger partial charge in [0.2, 0.25) is 5.95 Å². The highest BCUT2D eigenvalue weighted by Gasteiger charge is 2.25. The number of fused-ring (bicyclic) bond motifs is 2. The van der Waals surface area contributed by atoms with Gasteiger partial charge in [-0.2, -0.15) is 15.2 Å². The standard InChI is InChI=1S/C20H18ClN7O/c1-26-16-17(21)24-19(27-11-23-14-8-7-12(10-22)9-15(14)27)25-18(16)28(20(26)29)13-5-3-2-4-6-13/h7-9,11,13H,2-6H2,1H3. The summed E-state index contributed by atoms with van der Waals surface area (Å²) in [6.45, 7) is 0. The summed E-state index contributed by atoms with van der Waals surface area (Å²) in [7, 11) is 1.70. The molecule has 8 nitrogen and oxygen atoms in total. The summed E-state index contributed by atoms with van der Waals surface area (Å²) in [6.07, 6.45) is 6.91. The molecule has 0 spiro atoms. The Labute approximate surface area is 171 Å². The minimum atomic E-state index is -0.123. The second-order valence-corrected chi connectivity index (χ2v) is 7.78. The smallest absolute Gasteiger partial charge is 0.291 e. The average Bonchev–Trinajstić information content (AvgIpc) is 3.27. The number of nitrogens with zero attached hydrogens (tertiary/aromatic N) is 7. The molecular weight excluding hydrogens is 390 g/mol. The number of aryl methyl sites for hydroxylation is 1. The molecule has 5 rings (SSSR count). The first-order chi connectivity index (χ1) is 14.1. The highest BCUT2D eigenvalue weighted by molar-refractivity contribution is 6.33. The summed E-state index contributed by atoms with van der Waals surface area (Å²) in [5.74, 6) is 0.329. The van der Waals surface area contributed by atoms with Gasteiger partial charge in [0.1, 0.15) is 11.8 Å². The molecule has 3 aromatic heterocycles. The van der Waals surface area contributed by atoms with Gasteiger partial charge >= 0.3 is 5.69 Å². The van der Waals surface area contributed by atoms with Gasteiger partial charge in [0.15, 0.2) is 10.8 Å². The second kappa shape index (κ2) is 6.71. The van der Waals surface area contributed by atoms with Crippen LogP contribution in [0.25, 0.3) is 28.1 Å². The summed E-state index contributed by atoms with van der Waals surface area (Å²) in [5.41, 5.74) is 2.90. The lowest BCUT2D eigenvalue weighted by molar-refractivity contribution is 0.350. The van der Waals surface area contributed by atoms with Gasteiger partial charge in [0, 0.05) is 13.1 Å². The predicted octanol–water partition coefficient (Wildman–Crippen LogP) is 3.50. The van der Waals surface area contributed by atoms with E-state index in [0.717, 1.165) is 31.2 Å². The van der Waals surface area contributed by atoms with Crippen molar-refractivity contribution in [2.24, 2.45) is 7.05 Å². The van der Waals surface area contributed by atoms with Crippen molar-refractivity contribution in [1.29, 1.82) is 5.26 Å². The Morgan fingerprint density at radius 1 is 1.21 bits per heavy atom. The van der Waals surface area contributed by atoms with E-state index in [1.165, 1.54) is 11.0 Å². The first kappa shape index (κ1) is 17.9. The van der Waals surface area contributed by atoms with Crippen molar-refractivity contribution in [2.45, 2.75) is 38.1 Å². The van der Waals surface area contributed by atoms with E-state index in [1.807, 2.05) is 0 Å². The molecule has 0 bridgehead atoms. The van der Waals surface area contributed by atoms with Crippen LogP contribution in [-0.4, -0.2) is 28.7 Å². The molecule has 0 amide bonds. The highest BCUT2D eigenvalue weighted by atomic mass is 35.5. The van der Waals surface area contributed by atoms with E-state index >= 15 is 0 Å². The SMILES string of the molecule is Cn1c(=O)n(C2CCCCC2)c2nc(-n3cnc4ccc(C#N)cc43)nc(Cl)c21. The van der Waals surface area contributed by atoms with Gasteiger partial charge in [-0.1, -0.05) is 30.9 Å². The Hall–Kier alpha value is -3.18. The zero-order chi connectivity index (χ0) is 20.1. The third kappa shape index (κ3) is 2.73. The second-order valence-electron chi connectivity index (χ2n) is 7.42. The van der Waals surface area contributed by atoms with E-state index in [9.17, 15) is 10.1 Å². The maximum Gasteiger partial charge on any atom is 0.330 e. The monoisotopic (exact) mass is 407 g/mol. The lowest BCUT2D eigenvalue weighted by Gasteiger charge is -2.22. The first-order valence-corrected chi connectivity index (χ1v) is 9.98.